The Morgan fingerprint density at radius 2 is 1.60 bits per heavy atom. The fraction of sp³-hybridized carbons (Fsp3) is 0.562. The van der Waals surface area contributed by atoms with Gasteiger partial charge in [0.15, 0.2) is 6.61 Å². The van der Waals surface area contributed by atoms with Crippen molar-refractivity contribution in [3.8, 4) is 11.5 Å². The van der Waals surface area contributed by atoms with E-state index in [0.717, 1.165) is 12.2 Å². The largest absolute Gasteiger partial charge is 0.494 e. The highest BCUT2D eigenvalue weighted by Crippen LogP contribution is 2.18. The van der Waals surface area contributed by atoms with Gasteiger partial charge in [0.1, 0.15) is 11.5 Å². The van der Waals surface area contributed by atoms with Crippen LogP contribution in [0.1, 0.15) is 34.1 Å². The zero-order valence-electron chi connectivity index (χ0n) is 12.8. The molecule has 0 aliphatic rings. The molecule has 1 rings (SSSR count). The highest BCUT2D eigenvalue weighted by molar-refractivity contribution is 5.77. The number of carbonyl (C=O) groups is 1. The average molecular weight is 279 g/mol. The Labute approximate surface area is 121 Å². The van der Waals surface area contributed by atoms with Crippen molar-refractivity contribution in [3.05, 3.63) is 24.3 Å². The molecule has 0 aliphatic heterocycles. The Bertz CT molecular complexity index is 399. The number of hydrogen-bond donors (Lipinski definition) is 1. The molecule has 0 spiro atoms. The Kier molecular flexibility index (Phi) is 6.91. The molecule has 1 aromatic rings. The van der Waals surface area contributed by atoms with Gasteiger partial charge in [-0.15, -0.1) is 0 Å². The van der Waals surface area contributed by atoms with Gasteiger partial charge in [0.25, 0.3) is 5.91 Å². The first-order chi connectivity index (χ1) is 9.47. The average Bonchev–Trinajstić information content (AvgIpc) is 2.36. The third kappa shape index (κ3) is 7.02. The third-order valence-electron chi connectivity index (χ3n) is 2.61. The summed E-state index contributed by atoms with van der Waals surface area (Å²) in [5.41, 5.74) is 0. The van der Waals surface area contributed by atoms with E-state index >= 15 is 0 Å². The van der Waals surface area contributed by atoms with Crippen LogP contribution in [-0.4, -0.2) is 25.2 Å². The molecule has 0 heterocycles. The molecule has 0 aromatic heterocycles. The maximum atomic E-state index is 11.4. The lowest BCUT2D eigenvalue weighted by Gasteiger charge is -2.11. The highest BCUT2D eigenvalue weighted by Gasteiger charge is 2.04. The number of nitrogens with one attached hydrogen (secondary N) is 1. The van der Waals surface area contributed by atoms with Crippen LogP contribution in [0, 0.1) is 5.92 Å². The van der Waals surface area contributed by atoms with Crippen LogP contribution in [0.5, 0.6) is 11.5 Å². The number of carbonyl (C=O) groups excluding carboxylic acids is 1. The molecule has 1 N–H and O–H groups in total. The summed E-state index contributed by atoms with van der Waals surface area (Å²) in [6, 6.07) is 7.47. The lowest BCUT2D eigenvalue weighted by atomic mass is 10.1. The molecule has 0 radical (unpaired) electrons. The highest BCUT2D eigenvalue weighted by atomic mass is 16.5. The van der Waals surface area contributed by atoms with E-state index in [1.807, 2.05) is 38.1 Å². The first-order valence-electron chi connectivity index (χ1n) is 7.12. The summed E-state index contributed by atoms with van der Waals surface area (Å²) >= 11 is 0. The normalized spacial score (nSPS) is 10.7. The number of hydrogen-bond acceptors (Lipinski definition) is 3. The van der Waals surface area contributed by atoms with Gasteiger partial charge in [-0.2, -0.15) is 0 Å². The fourth-order valence-electron chi connectivity index (χ4n) is 1.56. The molecule has 4 heteroatoms. The zero-order valence-corrected chi connectivity index (χ0v) is 12.8. The van der Waals surface area contributed by atoms with Crippen molar-refractivity contribution in [3.63, 3.8) is 0 Å². The lowest BCUT2D eigenvalue weighted by Crippen LogP contribution is -2.34. The number of ether oxygens (including phenoxy) is 2. The lowest BCUT2D eigenvalue weighted by molar-refractivity contribution is -0.123. The van der Waals surface area contributed by atoms with Crippen molar-refractivity contribution in [2.45, 2.75) is 40.2 Å². The molecular formula is C16H25NO3. The first-order valence-corrected chi connectivity index (χ1v) is 7.12. The van der Waals surface area contributed by atoms with E-state index in [9.17, 15) is 4.79 Å². The van der Waals surface area contributed by atoms with Crippen molar-refractivity contribution in [1.82, 2.24) is 5.32 Å². The van der Waals surface area contributed by atoms with Gasteiger partial charge in [0, 0.05) is 6.04 Å². The fourth-order valence-corrected chi connectivity index (χ4v) is 1.56. The molecule has 112 valence electrons. The van der Waals surface area contributed by atoms with Gasteiger partial charge in [-0.05, 0) is 50.5 Å². The van der Waals surface area contributed by atoms with Gasteiger partial charge >= 0.3 is 0 Å². The Hall–Kier alpha value is -1.71. The van der Waals surface area contributed by atoms with Gasteiger partial charge in [-0.3, -0.25) is 4.79 Å². The second-order valence-electron chi connectivity index (χ2n) is 5.51. The monoisotopic (exact) mass is 279 g/mol. The minimum absolute atomic E-state index is 0.0335. The van der Waals surface area contributed by atoms with E-state index in [0.29, 0.717) is 18.3 Å². The zero-order chi connectivity index (χ0) is 15.0. The summed E-state index contributed by atoms with van der Waals surface area (Å²) in [7, 11) is 0. The summed E-state index contributed by atoms with van der Waals surface area (Å²) in [5, 5.41) is 2.77. The van der Waals surface area contributed by atoms with E-state index in [4.69, 9.17) is 9.47 Å². The molecule has 0 atom stereocenters. The Balaban J connectivity index is 2.33. The molecule has 0 unspecified atom stereocenters. The molecule has 20 heavy (non-hydrogen) atoms. The van der Waals surface area contributed by atoms with Crippen LogP contribution in [0.4, 0.5) is 0 Å². The standard InChI is InChI=1S/C16H25NO3/c1-12(2)9-10-19-14-5-7-15(8-6-14)20-11-16(18)17-13(3)4/h5-8,12-13H,9-11H2,1-4H3,(H,17,18). The smallest absolute Gasteiger partial charge is 0.258 e. The van der Waals surface area contributed by atoms with E-state index < -0.39 is 0 Å². The molecule has 4 nitrogen and oxygen atoms in total. The number of amides is 1. The van der Waals surface area contributed by atoms with Crippen LogP contribution in [0.25, 0.3) is 0 Å². The first kappa shape index (κ1) is 16.3. The Morgan fingerprint density at radius 1 is 1.05 bits per heavy atom. The van der Waals surface area contributed by atoms with Gasteiger partial charge in [-0.1, -0.05) is 13.8 Å². The minimum Gasteiger partial charge on any atom is -0.494 e. The SMILES string of the molecule is CC(C)CCOc1ccc(OCC(=O)NC(C)C)cc1. The summed E-state index contributed by atoms with van der Waals surface area (Å²) in [6.45, 7) is 8.92. The third-order valence-corrected chi connectivity index (χ3v) is 2.61. The summed E-state index contributed by atoms with van der Waals surface area (Å²) in [4.78, 5) is 11.4. The summed E-state index contributed by atoms with van der Waals surface area (Å²) < 4.78 is 11.0. The maximum Gasteiger partial charge on any atom is 0.258 e. The molecule has 0 saturated carbocycles. The van der Waals surface area contributed by atoms with Crippen LogP contribution < -0.4 is 14.8 Å². The van der Waals surface area contributed by atoms with Gasteiger partial charge in [0.05, 0.1) is 6.61 Å². The second kappa shape index (κ2) is 8.46. The number of rotatable bonds is 8. The predicted octanol–water partition coefficient (Wildman–Crippen LogP) is 3.01. The Morgan fingerprint density at radius 3 is 2.10 bits per heavy atom. The molecule has 0 bridgehead atoms. The molecule has 0 fully saturated rings. The molecule has 0 saturated heterocycles. The van der Waals surface area contributed by atoms with E-state index in [2.05, 4.69) is 19.2 Å². The summed E-state index contributed by atoms with van der Waals surface area (Å²) in [5.74, 6) is 2.01. The topological polar surface area (TPSA) is 47.6 Å². The van der Waals surface area contributed by atoms with Crippen molar-refractivity contribution < 1.29 is 14.3 Å². The summed E-state index contributed by atoms with van der Waals surface area (Å²) in [6.07, 6.45) is 1.04. The van der Waals surface area contributed by atoms with Gasteiger partial charge in [-0.25, -0.2) is 0 Å². The van der Waals surface area contributed by atoms with Crippen LogP contribution >= 0.6 is 0 Å². The van der Waals surface area contributed by atoms with E-state index in [-0.39, 0.29) is 18.6 Å². The quantitative estimate of drug-likeness (QED) is 0.795. The van der Waals surface area contributed by atoms with Crippen LogP contribution in [-0.2, 0) is 4.79 Å². The minimum atomic E-state index is -0.114. The van der Waals surface area contributed by atoms with Crippen LogP contribution in [0.3, 0.4) is 0 Å². The molecule has 0 aliphatic carbocycles. The van der Waals surface area contributed by atoms with Crippen LogP contribution in [0.15, 0.2) is 24.3 Å². The second-order valence-corrected chi connectivity index (χ2v) is 5.51. The number of benzene rings is 1. The van der Waals surface area contributed by atoms with E-state index in [1.165, 1.54) is 0 Å². The maximum absolute atomic E-state index is 11.4. The molecule has 1 amide bonds. The van der Waals surface area contributed by atoms with Crippen molar-refractivity contribution in [2.24, 2.45) is 5.92 Å². The molecular weight excluding hydrogens is 254 g/mol. The van der Waals surface area contributed by atoms with Crippen molar-refractivity contribution in [2.75, 3.05) is 13.2 Å². The van der Waals surface area contributed by atoms with E-state index in [1.54, 1.807) is 0 Å². The molecule has 1 aromatic carbocycles. The van der Waals surface area contributed by atoms with Crippen LogP contribution in [0.2, 0.25) is 0 Å². The van der Waals surface area contributed by atoms with Crippen molar-refractivity contribution in [1.29, 1.82) is 0 Å². The van der Waals surface area contributed by atoms with Crippen molar-refractivity contribution >= 4 is 5.91 Å². The van der Waals surface area contributed by atoms with Gasteiger partial charge < -0.3 is 14.8 Å². The van der Waals surface area contributed by atoms with Gasteiger partial charge in [0.2, 0.25) is 0 Å². The predicted molar refractivity (Wildman–Crippen MR) is 80.2 cm³/mol.